The minimum Gasteiger partial charge on any atom is -0.507 e. The Kier molecular flexibility index (Phi) is 1.45. The molecule has 0 saturated carbocycles. The van der Waals surface area contributed by atoms with Crippen molar-refractivity contribution in [2.75, 3.05) is 0 Å². The van der Waals surface area contributed by atoms with Gasteiger partial charge in [-0.2, -0.15) is 0 Å². The van der Waals surface area contributed by atoms with Crippen LogP contribution in [-0.4, -0.2) is 15.7 Å². The predicted molar refractivity (Wildman–Crippen MR) is 40.6 cm³/mol. The Morgan fingerprint density at radius 1 is 1.40 bits per heavy atom. The zero-order valence-corrected chi connectivity index (χ0v) is 5.59. The van der Waals surface area contributed by atoms with Gasteiger partial charge in [0, 0.05) is 6.42 Å². The monoisotopic (exact) mass is 137 g/mol. The molecular weight excluding hydrogens is 128 g/mol. The molecule has 0 saturated heterocycles. The highest BCUT2D eigenvalue weighted by atomic mass is 16.3. The summed E-state index contributed by atoms with van der Waals surface area (Å²) in [7, 11) is 0. The van der Waals surface area contributed by atoms with E-state index in [4.69, 9.17) is 9.90 Å². The minimum atomic E-state index is 0.0462. The van der Waals surface area contributed by atoms with Crippen molar-refractivity contribution in [2.24, 2.45) is 0 Å². The minimum absolute atomic E-state index is 0.0462. The van der Waals surface area contributed by atoms with E-state index in [0.29, 0.717) is 17.6 Å². The third kappa shape index (κ3) is 1.00. The standard InChI is InChI=1S/C8H8O2/c1-5-3-6(2)8(10)4-7(5)9/h4,9H,1-3H2/p+1. The maximum Gasteiger partial charge on any atom is 0.346 e. The number of hydrogen-bond donors (Lipinski definition) is 1. The molecule has 0 aromatic carbocycles. The van der Waals surface area contributed by atoms with Crippen molar-refractivity contribution < 1.29 is 9.90 Å². The Morgan fingerprint density at radius 3 is 2.50 bits per heavy atom. The largest absolute Gasteiger partial charge is 0.507 e. The Hall–Kier alpha value is -1.31. The first kappa shape index (κ1) is 6.81. The summed E-state index contributed by atoms with van der Waals surface area (Å²) >= 11 is 0. The van der Waals surface area contributed by atoms with E-state index in [1.807, 2.05) is 0 Å². The molecule has 0 unspecified atom stereocenters. The molecule has 1 aliphatic carbocycles. The number of hydrogen-bond acceptors (Lipinski definition) is 1. The van der Waals surface area contributed by atoms with E-state index in [1.165, 1.54) is 6.08 Å². The van der Waals surface area contributed by atoms with Crippen LogP contribution in [0.5, 0.6) is 0 Å². The van der Waals surface area contributed by atoms with Gasteiger partial charge in [0.1, 0.15) is 5.76 Å². The van der Waals surface area contributed by atoms with Gasteiger partial charge in [0.2, 0.25) is 0 Å². The number of allylic oxidation sites excluding steroid dienone is 3. The smallest absolute Gasteiger partial charge is 0.346 e. The number of aliphatic hydroxyl groups excluding tert-OH is 1. The van der Waals surface area contributed by atoms with Gasteiger partial charge in [-0.25, -0.2) is 0 Å². The fraction of sp³-hybridized carbons (Fsp3) is 0.125. The molecule has 0 aliphatic heterocycles. The van der Waals surface area contributed by atoms with Gasteiger partial charge in [0.15, 0.2) is 0 Å². The maximum absolute atomic E-state index is 9.01. The Bertz CT molecular complexity index is 246. The van der Waals surface area contributed by atoms with Crippen LogP contribution < -0.4 is 0 Å². The lowest BCUT2D eigenvalue weighted by molar-refractivity contribution is 0.420. The van der Waals surface area contributed by atoms with Gasteiger partial charge in [-0.15, -0.1) is 0 Å². The van der Waals surface area contributed by atoms with Crippen LogP contribution in [-0.2, 0) is 0 Å². The molecule has 0 radical (unpaired) electrons. The summed E-state index contributed by atoms with van der Waals surface area (Å²) in [5.74, 6) is 0.0924. The van der Waals surface area contributed by atoms with Crippen molar-refractivity contribution in [3.05, 3.63) is 36.1 Å². The Labute approximate surface area is 59.2 Å². The Morgan fingerprint density at radius 2 is 2.00 bits per heavy atom. The molecular formula is C8H9O2+. The number of ketones is 1. The second kappa shape index (κ2) is 2.14. The summed E-state index contributed by atoms with van der Waals surface area (Å²) in [6.07, 6.45) is 1.71. The molecule has 0 fully saturated rings. The lowest BCUT2D eigenvalue weighted by Gasteiger charge is -2.07. The first-order valence-electron chi connectivity index (χ1n) is 2.94. The molecule has 0 aromatic heterocycles. The summed E-state index contributed by atoms with van der Waals surface area (Å²) in [6, 6.07) is 0. The number of aliphatic hydroxyl groups is 1. The summed E-state index contributed by atoms with van der Waals surface area (Å²) in [6.45, 7) is 7.15. The molecule has 0 atom stereocenters. The highest BCUT2D eigenvalue weighted by Gasteiger charge is 2.20. The molecule has 2 heteroatoms. The van der Waals surface area contributed by atoms with Crippen molar-refractivity contribution in [1.29, 1.82) is 0 Å². The van der Waals surface area contributed by atoms with Gasteiger partial charge in [-0.1, -0.05) is 13.2 Å². The van der Waals surface area contributed by atoms with Gasteiger partial charge in [0.25, 0.3) is 0 Å². The second-order valence-corrected chi connectivity index (χ2v) is 2.30. The lowest BCUT2D eigenvalue weighted by atomic mass is 9.96. The molecule has 2 N–H and O–H groups in total. The average molecular weight is 137 g/mol. The first-order chi connectivity index (χ1) is 4.61. The normalized spacial score (nSPS) is 19.2. The summed E-state index contributed by atoms with van der Waals surface area (Å²) in [4.78, 5) is 9.01. The number of carbonyl (C=O) groups excluding carboxylic acids is 1. The van der Waals surface area contributed by atoms with Crippen molar-refractivity contribution in [1.82, 2.24) is 0 Å². The van der Waals surface area contributed by atoms with E-state index < -0.39 is 0 Å². The van der Waals surface area contributed by atoms with E-state index in [-0.39, 0.29) is 11.5 Å². The summed E-state index contributed by atoms with van der Waals surface area (Å²) < 4.78 is 0. The van der Waals surface area contributed by atoms with Gasteiger partial charge < -0.3 is 5.11 Å². The molecule has 1 rings (SSSR count). The highest BCUT2D eigenvalue weighted by Crippen LogP contribution is 2.20. The molecule has 2 nitrogen and oxygen atoms in total. The second-order valence-electron chi connectivity index (χ2n) is 2.30. The molecule has 0 bridgehead atoms. The zero-order chi connectivity index (χ0) is 7.72. The lowest BCUT2D eigenvalue weighted by Crippen LogP contribution is -2.07. The average Bonchev–Trinajstić information content (AvgIpc) is 1.84. The van der Waals surface area contributed by atoms with Crippen molar-refractivity contribution in [3.8, 4) is 0 Å². The van der Waals surface area contributed by atoms with Gasteiger partial charge in [0.05, 0.1) is 11.6 Å². The fourth-order valence-electron chi connectivity index (χ4n) is 0.772. The zero-order valence-electron chi connectivity index (χ0n) is 5.59. The molecule has 1 aliphatic rings. The third-order valence-corrected chi connectivity index (χ3v) is 1.42. The van der Waals surface area contributed by atoms with Gasteiger partial charge in [-0.05, 0) is 5.57 Å². The molecule has 0 aromatic rings. The SMILES string of the molecule is C=C1CC(=C)C(O)=CC1=[OH+]. The molecule has 0 amide bonds. The van der Waals surface area contributed by atoms with Crippen molar-refractivity contribution in [3.63, 3.8) is 0 Å². The van der Waals surface area contributed by atoms with Crippen LogP contribution in [0.1, 0.15) is 6.42 Å². The molecule has 10 heavy (non-hydrogen) atoms. The summed E-state index contributed by atoms with van der Waals surface area (Å²) in [5.41, 5.74) is 1.20. The van der Waals surface area contributed by atoms with E-state index in [1.54, 1.807) is 0 Å². The van der Waals surface area contributed by atoms with Crippen LogP contribution in [0.4, 0.5) is 0 Å². The van der Waals surface area contributed by atoms with E-state index in [2.05, 4.69) is 13.2 Å². The van der Waals surface area contributed by atoms with Crippen LogP contribution >= 0.6 is 0 Å². The fourth-order valence-corrected chi connectivity index (χ4v) is 0.772. The van der Waals surface area contributed by atoms with Crippen LogP contribution in [0, 0.1) is 0 Å². The topological polar surface area (TPSA) is 41.6 Å². The van der Waals surface area contributed by atoms with E-state index >= 15 is 0 Å². The van der Waals surface area contributed by atoms with Crippen LogP contribution in [0.3, 0.4) is 0 Å². The molecule has 0 heterocycles. The van der Waals surface area contributed by atoms with Crippen molar-refractivity contribution >= 4 is 5.78 Å². The quantitative estimate of drug-likeness (QED) is 0.399. The number of rotatable bonds is 0. The Balaban J connectivity index is 3.01. The first-order valence-corrected chi connectivity index (χ1v) is 2.94. The highest BCUT2D eigenvalue weighted by molar-refractivity contribution is 6.06. The van der Waals surface area contributed by atoms with E-state index in [0.717, 1.165) is 0 Å². The molecule has 0 spiro atoms. The van der Waals surface area contributed by atoms with Crippen LogP contribution in [0.25, 0.3) is 0 Å². The third-order valence-electron chi connectivity index (χ3n) is 1.42. The van der Waals surface area contributed by atoms with Crippen LogP contribution in [0.2, 0.25) is 0 Å². The van der Waals surface area contributed by atoms with Gasteiger partial charge >= 0.3 is 5.78 Å². The van der Waals surface area contributed by atoms with E-state index in [9.17, 15) is 0 Å². The molecule has 52 valence electrons. The van der Waals surface area contributed by atoms with Crippen LogP contribution in [0.15, 0.2) is 36.1 Å². The predicted octanol–water partition coefficient (Wildman–Crippen LogP) is 1.49. The summed E-state index contributed by atoms with van der Waals surface area (Å²) in [5, 5.41) is 9.01. The van der Waals surface area contributed by atoms with Crippen molar-refractivity contribution in [2.45, 2.75) is 6.42 Å². The maximum atomic E-state index is 9.01. The van der Waals surface area contributed by atoms with Gasteiger partial charge in [-0.3, -0.25) is 4.79 Å².